The van der Waals surface area contributed by atoms with E-state index < -0.39 is 35.0 Å². The highest BCUT2D eigenvalue weighted by molar-refractivity contribution is 8.00. The molecule has 1 fully saturated rings. The summed E-state index contributed by atoms with van der Waals surface area (Å²) in [5.74, 6) is -2.31. The van der Waals surface area contributed by atoms with Crippen LogP contribution in [0.25, 0.3) is 0 Å². The number of rotatable bonds is 7. The first kappa shape index (κ1) is 23.0. The molecule has 0 aromatic carbocycles. The molecule has 0 aliphatic carbocycles. The molecule has 29 heavy (non-hydrogen) atoms. The van der Waals surface area contributed by atoms with Gasteiger partial charge in [-0.2, -0.15) is 0 Å². The van der Waals surface area contributed by atoms with Gasteiger partial charge in [0.05, 0.1) is 6.42 Å². The van der Waals surface area contributed by atoms with Crippen molar-refractivity contribution in [1.29, 1.82) is 0 Å². The number of primary amides is 1. The molecule has 0 bridgehead atoms. The van der Waals surface area contributed by atoms with E-state index in [1.807, 2.05) is 11.4 Å². The summed E-state index contributed by atoms with van der Waals surface area (Å²) in [5, 5.41) is 13.2. The molecule has 1 aromatic rings. The Balaban J connectivity index is 0.00000300. The van der Waals surface area contributed by atoms with Gasteiger partial charge in [0.2, 0.25) is 5.91 Å². The molecule has 2 aliphatic rings. The number of methoxy groups -OCH3 is 1. The quantitative estimate of drug-likeness (QED) is 0.391. The van der Waals surface area contributed by atoms with Crippen molar-refractivity contribution in [1.82, 2.24) is 10.2 Å². The molecule has 0 radical (unpaired) electrons. The third-order valence-corrected chi connectivity index (χ3v) is 6.51. The van der Waals surface area contributed by atoms with Crippen LogP contribution < -0.4 is 11.1 Å². The van der Waals surface area contributed by atoms with Gasteiger partial charge in [-0.15, -0.1) is 35.5 Å². The third kappa shape index (κ3) is 4.20. The van der Waals surface area contributed by atoms with Gasteiger partial charge in [-0.1, -0.05) is 6.07 Å². The number of carboxylic acid groups (broad SMARTS) is 1. The number of amides is 3. The van der Waals surface area contributed by atoms with Crippen LogP contribution >= 0.6 is 35.5 Å². The Bertz CT molecular complexity index is 861. The van der Waals surface area contributed by atoms with Gasteiger partial charge in [0.1, 0.15) is 17.7 Å². The van der Waals surface area contributed by atoms with E-state index in [-0.39, 0.29) is 42.5 Å². The summed E-state index contributed by atoms with van der Waals surface area (Å²) < 4.78 is 10.0. The normalized spacial score (nSPS) is 22.9. The lowest BCUT2D eigenvalue weighted by atomic mass is 9.98. The van der Waals surface area contributed by atoms with Gasteiger partial charge in [0.15, 0.2) is 0 Å². The fourth-order valence-corrected chi connectivity index (χ4v) is 5.16. The van der Waals surface area contributed by atoms with Crippen LogP contribution in [0.15, 0.2) is 28.8 Å². The fourth-order valence-electron chi connectivity index (χ4n) is 3.04. The van der Waals surface area contributed by atoms with Gasteiger partial charge < -0.3 is 25.6 Å². The van der Waals surface area contributed by atoms with Crippen molar-refractivity contribution >= 4 is 59.4 Å². The molecular weight excluding hydrogens is 446 g/mol. The molecule has 1 aromatic heterocycles. The largest absolute Gasteiger partial charge is 0.477 e. The van der Waals surface area contributed by atoms with Crippen LogP contribution in [0.2, 0.25) is 0 Å². The van der Waals surface area contributed by atoms with Gasteiger partial charge in [-0.3, -0.25) is 14.5 Å². The van der Waals surface area contributed by atoms with Gasteiger partial charge in [0.25, 0.3) is 11.6 Å². The average Bonchev–Trinajstić information content (AvgIpc) is 3.15. The van der Waals surface area contributed by atoms with E-state index in [0.29, 0.717) is 0 Å². The maximum atomic E-state index is 12.8. The van der Waals surface area contributed by atoms with Gasteiger partial charge in [-0.25, -0.2) is 9.59 Å². The van der Waals surface area contributed by atoms with E-state index in [1.165, 1.54) is 30.2 Å². The zero-order valence-electron chi connectivity index (χ0n) is 15.1. The van der Waals surface area contributed by atoms with Crippen LogP contribution in [0.3, 0.4) is 0 Å². The molecule has 4 N–H and O–H groups in total. The summed E-state index contributed by atoms with van der Waals surface area (Å²) >= 11 is 2.60. The number of hydrogen-bond donors (Lipinski definition) is 3. The zero-order valence-corrected chi connectivity index (χ0v) is 17.5. The molecule has 1 saturated heterocycles. The zero-order chi connectivity index (χ0) is 20.5. The van der Waals surface area contributed by atoms with Crippen molar-refractivity contribution in [2.24, 2.45) is 5.73 Å². The highest BCUT2D eigenvalue weighted by atomic mass is 35.5. The van der Waals surface area contributed by atoms with Crippen LogP contribution in [0, 0.1) is 0 Å². The van der Waals surface area contributed by atoms with E-state index in [1.54, 1.807) is 6.07 Å². The molecule has 10 nitrogen and oxygen atoms in total. The predicted molar refractivity (Wildman–Crippen MR) is 106 cm³/mol. The van der Waals surface area contributed by atoms with E-state index in [0.717, 1.165) is 9.78 Å². The molecule has 0 saturated carbocycles. The molecule has 2 aliphatic heterocycles. The Labute approximate surface area is 179 Å². The van der Waals surface area contributed by atoms with Gasteiger partial charge in [-0.05, 0) is 11.4 Å². The number of fused-ring (bicyclic) bond motifs is 1. The second-order valence-corrected chi connectivity index (χ2v) is 8.05. The number of nitrogens with one attached hydrogen (secondary N) is 1. The second-order valence-electron chi connectivity index (χ2n) is 5.95. The average molecular weight is 464 g/mol. The molecule has 3 amide bonds. The lowest BCUT2D eigenvalue weighted by molar-refractivity contribution is -0.192. The number of halogens is 1. The maximum absolute atomic E-state index is 12.8. The van der Waals surface area contributed by atoms with Crippen molar-refractivity contribution in [2.45, 2.75) is 17.5 Å². The Hall–Kier alpha value is -2.28. The number of thiophene rings is 1. The first-order chi connectivity index (χ1) is 13.3. The van der Waals surface area contributed by atoms with Gasteiger partial charge in [0, 0.05) is 23.3 Å². The number of β-lactam (4-membered cyclic amide) rings is 1. The number of carbonyl (C=O) groups is 4. The van der Waals surface area contributed by atoms with Crippen LogP contribution in [-0.4, -0.2) is 64.5 Å². The summed E-state index contributed by atoms with van der Waals surface area (Å²) in [6, 6.07) is 3.61. The minimum Gasteiger partial charge on any atom is -0.477 e. The topological polar surface area (TPSA) is 148 Å². The van der Waals surface area contributed by atoms with Crippen molar-refractivity contribution in [3.05, 3.63) is 33.7 Å². The second kappa shape index (κ2) is 9.03. The summed E-state index contributed by atoms with van der Waals surface area (Å²) in [7, 11) is 1.27. The van der Waals surface area contributed by atoms with E-state index in [9.17, 15) is 24.3 Å². The Morgan fingerprint density at radius 3 is 2.72 bits per heavy atom. The highest BCUT2D eigenvalue weighted by Gasteiger charge is 2.66. The molecule has 3 heterocycles. The lowest BCUT2D eigenvalue weighted by Gasteiger charge is -2.55. The highest BCUT2D eigenvalue weighted by Crippen LogP contribution is 2.46. The lowest BCUT2D eigenvalue weighted by Crippen LogP contribution is -2.80. The summed E-state index contributed by atoms with van der Waals surface area (Å²) in [6.07, 6.45) is -0.973. The molecular formula is C16H18ClN3O7S2. The number of nitrogens with two attached hydrogens (primary N) is 1. The number of ether oxygens (including phenoxy) is 2. The number of thioether (sulfide) groups is 1. The minimum absolute atomic E-state index is 0. The van der Waals surface area contributed by atoms with Crippen LogP contribution in [-0.2, 0) is 30.3 Å². The Kier molecular flexibility index (Phi) is 7.16. The summed E-state index contributed by atoms with van der Waals surface area (Å²) in [6.45, 7) is -0.342. The van der Waals surface area contributed by atoms with E-state index in [2.05, 4.69) is 10.1 Å². The van der Waals surface area contributed by atoms with Crippen molar-refractivity contribution in [2.75, 3.05) is 19.5 Å². The van der Waals surface area contributed by atoms with Gasteiger partial charge >= 0.3 is 12.1 Å². The van der Waals surface area contributed by atoms with Crippen molar-refractivity contribution < 1.29 is 33.8 Å². The van der Waals surface area contributed by atoms with Crippen molar-refractivity contribution in [3.8, 4) is 0 Å². The summed E-state index contributed by atoms with van der Waals surface area (Å²) in [5.41, 5.74) is 3.20. The molecule has 158 valence electrons. The molecule has 3 rings (SSSR count). The minimum atomic E-state index is -1.66. The first-order valence-electron chi connectivity index (χ1n) is 8.01. The molecule has 0 unspecified atom stereocenters. The maximum Gasteiger partial charge on any atom is 0.404 e. The molecule has 0 spiro atoms. The number of aliphatic carboxylic acids is 1. The number of nitrogens with zero attached hydrogens (tertiary/aromatic N) is 1. The fraction of sp³-hybridized carbons (Fsp3) is 0.375. The monoisotopic (exact) mass is 463 g/mol. The van der Waals surface area contributed by atoms with E-state index >= 15 is 0 Å². The van der Waals surface area contributed by atoms with Crippen molar-refractivity contribution in [3.63, 3.8) is 0 Å². The first-order valence-corrected chi connectivity index (χ1v) is 9.94. The smallest absolute Gasteiger partial charge is 0.404 e. The predicted octanol–water partition coefficient (Wildman–Crippen LogP) is 0.520. The number of carbonyl (C=O) groups excluding carboxylic acids is 3. The molecule has 2 atom stereocenters. The van der Waals surface area contributed by atoms with Crippen LogP contribution in [0.1, 0.15) is 4.88 Å². The summed E-state index contributed by atoms with van der Waals surface area (Å²) in [4.78, 5) is 49.6. The molecule has 13 heteroatoms. The standard InChI is InChI=1S/C16H17N3O7S2.ClH/c1-25-16(18-10(20)5-9-3-2-4-27-9)13(23)19-11(12(21)22)8(6-26-15(17)24)7-28-14(16)19;/h2-4,14H,5-7H2,1H3,(H2,17,24)(H,18,20)(H,21,22);1H/t14-,16+;/m1./s1. The SMILES string of the molecule is CO[C@@]1(NC(=O)Cc2cccs2)C(=O)N2C(C(=O)O)=C(COC(N)=O)CS[C@@H]21.Cl. The van der Waals surface area contributed by atoms with Crippen LogP contribution in [0.5, 0.6) is 0 Å². The number of hydrogen-bond acceptors (Lipinski definition) is 8. The van der Waals surface area contributed by atoms with E-state index in [4.69, 9.17) is 10.5 Å². The Morgan fingerprint density at radius 2 is 2.17 bits per heavy atom. The Morgan fingerprint density at radius 1 is 1.45 bits per heavy atom. The third-order valence-electron chi connectivity index (χ3n) is 4.26. The van der Waals surface area contributed by atoms with Crippen LogP contribution in [0.4, 0.5) is 4.79 Å². The number of carboxylic acids is 1.